The molecule has 20 heavy (non-hydrogen) atoms. The molecule has 1 nitrogen and oxygen atoms in total. The molecule has 0 aliphatic heterocycles. The number of hydrogen-bond acceptors (Lipinski definition) is 1. The van der Waals surface area contributed by atoms with Gasteiger partial charge in [-0.3, -0.25) is 4.99 Å². The van der Waals surface area contributed by atoms with Crippen molar-refractivity contribution in [3.8, 4) is 0 Å². The van der Waals surface area contributed by atoms with Gasteiger partial charge >= 0.3 is 0 Å². The molecular weight excluding hydrogens is 242 g/mol. The number of fused-ring (bicyclic) bond motifs is 1. The first-order valence-electron chi connectivity index (χ1n) is 7.54. The second-order valence-electron chi connectivity index (χ2n) is 5.53. The van der Waals surface area contributed by atoms with Crippen molar-refractivity contribution in [2.45, 2.75) is 38.6 Å². The number of aliphatic imine (C=N–C) groups is 1. The molecule has 1 atom stereocenters. The Bertz CT molecular complexity index is 598. The third-order valence-electron chi connectivity index (χ3n) is 4.07. The van der Waals surface area contributed by atoms with Gasteiger partial charge in [-0.25, -0.2) is 0 Å². The smallest absolute Gasteiger partial charge is 0.0724 e. The van der Waals surface area contributed by atoms with Crippen molar-refractivity contribution in [3.05, 3.63) is 71.3 Å². The summed E-state index contributed by atoms with van der Waals surface area (Å²) in [7, 11) is 0. The van der Waals surface area contributed by atoms with Crippen LogP contribution < -0.4 is 0 Å². The third kappa shape index (κ3) is 2.82. The van der Waals surface area contributed by atoms with Crippen molar-refractivity contribution in [3.63, 3.8) is 0 Å². The standard InChI is InChI=1S/C19H21N/c1-15(16-9-3-2-4-10-16)20-19-14-8-6-12-17-11-5-7-13-18(17)19/h2-5,7,9-11,13,15H,6,8,12,14H2,1H3/t15-/m0/s1. The van der Waals surface area contributed by atoms with Gasteiger partial charge in [-0.05, 0) is 49.3 Å². The van der Waals surface area contributed by atoms with Crippen molar-refractivity contribution < 1.29 is 0 Å². The highest BCUT2D eigenvalue weighted by Crippen LogP contribution is 2.24. The van der Waals surface area contributed by atoms with Crippen LogP contribution in [0, 0.1) is 0 Å². The Morgan fingerprint density at radius 1 is 0.850 bits per heavy atom. The molecule has 0 heterocycles. The minimum Gasteiger partial charge on any atom is -0.281 e. The monoisotopic (exact) mass is 263 g/mol. The molecule has 102 valence electrons. The molecule has 0 unspecified atom stereocenters. The van der Waals surface area contributed by atoms with Crippen LogP contribution in [0.5, 0.6) is 0 Å². The van der Waals surface area contributed by atoms with E-state index in [4.69, 9.17) is 4.99 Å². The van der Waals surface area contributed by atoms with Crippen LogP contribution in [-0.4, -0.2) is 5.71 Å². The Kier molecular flexibility index (Phi) is 3.96. The summed E-state index contributed by atoms with van der Waals surface area (Å²) in [6, 6.07) is 19.6. The second-order valence-corrected chi connectivity index (χ2v) is 5.53. The molecule has 2 aromatic carbocycles. The van der Waals surface area contributed by atoms with Crippen LogP contribution in [0.15, 0.2) is 59.6 Å². The molecular formula is C19H21N. The lowest BCUT2D eigenvalue weighted by Crippen LogP contribution is -2.04. The highest BCUT2D eigenvalue weighted by molar-refractivity contribution is 6.02. The molecule has 0 amide bonds. The van der Waals surface area contributed by atoms with E-state index in [2.05, 4.69) is 61.5 Å². The predicted octanol–water partition coefficient (Wildman–Crippen LogP) is 4.96. The number of benzene rings is 2. The van der Waals surface area contributed by atoms with Crippen LogP contribution in [0.25, 0.3) is 0 Å². The molecule has 0 saturated heterocycles. The van der Waals surface area contributed by atoms with Crippen molar-refractivity contribution in [1.82, 2.24) is 0 Å². The van der Waals surface area contributed by atoms with Gasteiger partial charge in [0.15, 0.2) is 0 Å². The summed E-state index contributed by atoms with van der Waals surface area (Å²) >= 11 is 0. The number of rotatable bonds is 2. The van der Waals surface area contributed by atoms with E-state index in [9.17, 15) is 0 Å². The summed E-state index contributed by atoms with van der Waals surface area (Å²) in [5, 5.41) is 0. The molecule has 2 aromatic rings. The Labute approximate surface area is 121 Å². The fourth-order valence-electron chi connectivity index (χ4n) is 2.94. The lowest BCUT2D eigenvalue weighted by molar-refractivity contribution is 0.765. The average Bonchev–Trinajstić information content (AvgIpc) is 2.71. The van der Waals surface area contributed by atoms with Gasteiger partial charge in [-0.1, -0.05) is 54.6 Å². The minimum atomic E-state index is 0.234. The second kappa shape index (κ2) is 6.04. The van der Waals surface area contributed by atoms with Gasteiger partial charge in [0.25, 0.3) is 0 Å². The predicted molar refractivity (Wildman–Crippen MR) is 85.4 cm³/mol. The number of hydrogen-bond donors (Lipinski definition) is 0. The van der Waals surface area contributed by atoms with Crippen LogP contribution >= 0.6 is 0 Å². The maximum Gasteiger partial charge on any atom is 0.0724 e. The summed E-state index contributed by atoms with van der Waals surface area (Å²) in [4.78, 5) is 5.02. The normalized spacial score (nSPS) is 18.4. The minimum absolute atomic E-state index is 0.234. The van der Waals surface area contributed by atoms with Gasteiger partial charge < -0.3 is 0 Å². The highest BCUT2D eigenvalue weighted by Gasteiger charge is 2.14. The molecule has 3 rings (SSSR count). The molecule has 1 heteroatoms. The van der Waals surface area contributed by atoms with E-state index in [1.807, 2.05) is 0 Å². The van der Waals surface area contributed by atoms with Crippen LogP contribution in [0.4, 0.5) is 0 Å². The molecule has 0 radical (unpaired) electrons. The zero-order chi connectivity index (χ0) is 13.8. The summed E-state index contributed by atoms with van der Waals surface area (Å²) in [6.07, 6.45) is 4.81. The van der Waals surface area contributed by atoms with Crippen LogP contribution in [0.1, 0.15) is 48.9 Å². The van der Waals surface area contributed by atoms with Gasteiger partial charge in [0.1, 0.15) is 0 Å². The Balaban J connectivity index is 1.95. The van der Waals surface area contributed by atoms with Gasteiger partial charge in [0.2, 0.25) is 0 Å². The van der Waals surface area contributed by atoms with E-state index >= 15 is 0 Å². The molecule has 1 aliphatic rings. The topological polar surface area (TPSA) is 12.4 Å². The zero-order valence-electron chi connectivity index (χ0n) is 12.0. The van der Waals surface area contributed by atoms with Gasteiger partial charge in [-0.15, -0.1) is 0 Å². The largest absolute Gasteiger partial charge is 0.281 e. The maximum atomic E-state index is 5.02. The lowest BCUT2D eigenvalue weighted by Gasteiger charge is -2.12. The van der Waals surface area contributed by atoms with Crippen LogP contribution in [0.2, 0.25) is 0 Å². The molecule has 0 aromatic heterocycles. The highest BCUT2D eigenvalue weighted by atomic mass is 14.8. The summed E-state index contributed by atoms with van der Waals surface area (Å²) < 4.78 is 0. The Morgan fingerprint density at radius 2 is 1.55 bits per heavy atom. The third-order valence-corrected chi connectivity index (χ3v) is 4.07. The van der Waals surface area contributed by atoms with Crippen molar-refractivity contribution >= 4 is 5.71 Å². The molecule has 0 bridgehead atoms. The van der Waals surface area contributed by atoms with E-state index in [0.717, 1.165) is 6.42 Å². The van der Waals surface area contributed by atoms with E-state index in [1.54, 1.807) is 0 Å². The lowest BCUT2D eigenvalue weighted by atomic mass is 10.0. The fraction of sp³-hybridized carbons (Fsp3) is 0.316. The number of nitrogens with zero attached hydrogens (tertiary/aromatic N) is 1. The van der Waals surface area contributed by atoms with Crippen molar-refractivity contribution in [2.75, 3.05) is 0 Å². The molecule has 0 spiro atoms. The van der Waals surface area contributed by atoms with Gasteiger partial charge in [0, 0.05) is 5.71 Å². The number of aryl methyl sites for hydroxylation is 1. The van der Waals surface area contributed by atoms with Crippen molar-refractivity contribution in [1.29, 1.82) is 0 Å². The zero-order valence-corrected chi connectivity index (χ0v) is 12.0. The molecule has 0 fully saturated rings. The van der Waals surface area contributed by atoms with E-state index in [0.29, 0.717) is 0 Å². The summed E-state index contributed by atoms with van der Waals surface area (Å²) in [5.74, 6) is 0. The Morgan fingerprint density at radius 3 is 2.40 bits per heavy atom. The summed E-state index contributed by atoms with van der Waals surface area (Å²) in [6.45, 7) is 2.19. The first-order chi connectivity index (χ1) is 9.84. The van der Waals surface area contributed by atoms with Gasteiger partial charge in [0.05, 0.1) is 6.04 Å². The maximum absolute atomic E-state index is 5.02. The van der Waals surface area contributed by atoms with E-state index in [1.165, 1.54) is 41.7 Å². The average molecular weight is 263 g/mol. The molecule has 0 saturated carbocycles. The quantitative estimate of drug-likeness (QED) is 0.679. The molecule has 0 N–H and O–H groups in total. The first-order valence-corrected chi connectivity index (χ1v) is 7.54. The first kappa shape index (κ1) is 13.1. The van der Waals surface area contributed by atoms with Gasteiger partial charge in [-0.2, -0.15) is 0 Å². The SMILES string of the molecule is C[C@H](N=C1CCCCc2ccccc21)c1ccccc1. The van der Waals surface area contributed by atoms with Crippen LogP contribution in [0.3, 0.4) is 0 Å². The fourth-order valence-corrected chi connectivity index (χ4v) is 2.94. The van der Waals surface area contributed by atoms with Crippen molar-refractivity contribution in [2.24, 2.45) is 4.99 Å². The van der Waals surface area contributed by atoms with E-state index in [-0.39, 0.29) is 6.04 Å². The summed E-state index contributed by atoms with van der Waals surface area (Å²) in [5.41, 5.74) is 5.41. The molecule has 1 aliphatic carbocycles. The van der Waals surface area contributed by atoms with E-state index < -0.39 is 0 Å². The Hall–Kier alpha value is -1.89. The van der Waals surface area contributed by atoms with Crippen LogP contribution in [-0.2, 0) is 6.42 Å².